The Bertz CT molecular complexity index is 856. The molecule has 0 unspecified atom stereocenters. The molecular weight excluding hydrogens is 363 g/mol. The van der Waals surface area contributed by atoms with Crippen LogP contribution in [0.4, 0.5) is 5.69 Å². The van der Waals surface area contributed by atoms with Gasteiger partial charge in [0.1, 0.15) is 12.9 Å². The lowest BCUT2D eigenvalue weighted by molar-refractivity contribution is 0.174. The van der Waals surface area contributed by atoms with Crippen molar-refractivity contribution in [2.24, 2.45) is 11.1 Å². The quantitative estimate of drug-likeness (QED) is 0.409. The minimum atomic E-state index is -2.41. The van der Waals surface area contributed by atoms with Gasteiger partial charge in [-0.1, -0.05) is 32.9 Å². The van der Waals surface area contributed by atoms with Crippen molar-refractivity contribution < 1.29 is 19.1 Å². The highest BCUT2D eigenvalue weighted by Crippen LogP contribution is 2.40. The van der Waals surface area contributed by atoms with Gasteiger partial charge in [0.25, 0.3) is 0 Å². The Labute approximate surface area is 160 Å². The third kappa shape index (κ3) is 5.18. The lowest BCUT2D eigenvalue weighted by Crippen LogP contribution is -2.26. The van der Waals surface area contributed by atoms with Crippen LogP contribution in [-0.4, -0.2) is 25.2 Å². The maximum atomic E-state index is 11.6. The first-order valence-electron chi connectivity index (χ1n) is 8.69. The number of ether oxygens (including phenoxy) is 2. The Hall–Kier alpha value is -2.17. The largest absolute Gasteiger partial charge is 0.505 e. The number of nitrogens with two attached hydrogens (primary N) is 2. The SMILES string of the molecule is CC(C)(C)[C@@H](N)c1ccc2c(c1)OCO2.CP(C)(=O)c1cccc(N)c1O. The molecule has 27 heavy (non-hydrogen) atoms. The lowest BCUT2D eigenvalue weighted by Gasteiger charge is -2.27. The number of phenols is 1. The Balaban J connectivity index is 0.000000199. The smallest absolute Gasteiger partial charge is 0.231 e. The first kappa shape index (κ1) is 21.1. The highest BCUT2D eigenvalue weighted by molar-refractivity contribution is 7.70. The van der Waals surface area contributed by atoms with Crippen molar-refractivity contribution in [2.45, 2.75) is 26.8 Å². The molecule has 0 amide bonds. The van der Waals surface area contributed by atoms with E-state index in [9.17, 15) is 9.67 Å². The van der Waals surface area contributed by atoms with Crippen molar-refractivity contribution in [3.63, 3.8) is 0 Å². The van der Waals surface area contributed by atoms with E-state index < -0.39 is 7.14 Å². The van der Waals surface area contributed by atoms with Crippen LogP contribution in [0, 0.1) is 5.41 Å². The zero-order chi connectivity index (χ0) is 20.4. The van der Waals surface area contributed by atoms with E-state index in [1.807, 2.05) is 18.2 Å². The summed E-state index contributed by atoms with van der Waals surface area (Å²) >= 11 is 0. The molecule has 5 N–H and O–H groups in total. The highest BCUT2D eigenvalue weighted by Gasteiger charge is 2.24. The number of para-hydroxylation sites is 1. The molecule has 1 heterocycles. The van der Waals surface area contributed by atoms with Crippen molar-refractivity contribution in [3.05, 3.63) is 42.0 Å². The zero-order valence-electron chi connectivity index (χ0n) is 16.5. The van der Waals surface area contributed by atoms with Crippen LogP contribution in [0.5, 0.6) is 17.2 Å². The number of phenolic OH excluding ortho intramolecular Hbond substituents is 1. The van der Waals surface area contributed by atoms with E-state index in [0.29, 0.717) is 12.1 Å². The number of hydrogen-bond donors (Lipinski definition) is 3. The lowest BCUT2D eigenvalue weighted by atomic mass is 9.83. The second-order valence-electron chi connectivity index (χ2n) is 8.02. The molecule has 1 aliphatic rings. The van der Waals surface area contributed by atoms with E-state index in [1.54, 1.807) is 31.5 Å². The number of fused-ring (bicyclic) bond motifs is 1. The van der Waals surface area contributed by atoms with Gasteiger partial charge in [-0.3, -0.25) is 0 Å². The molecular formula is C20H29N2O4P. The van der Waals surface area contributed by atoms with Crippen LogP contribution < -0.4 is 26.2 Å². The van der Waals surface area contributed by atoms with Crippen LogP contribution in [-0.2, 0) is 4.57 Å². The van der Waals surface area contributed by atoms with Gasteiger partial charge in [-0.05, 0) is 48.6 Å². The minimum absolute atomic E-state index is 0.00648. The average molecular weight is 392 g/mol. The van der Waals surface area contributed by atoms with Gasteiger partial charge in [-0.15, -0.1) is 0 Å². The number of anilines is 1. The first-order valence-corrected chi connectivity index (χ1v) is 11.3. The maximum Gasteiger partial charge on any atom is 0.231 e. The number of nitrogen functional groups attached to an aromatic ring is 1. The van der Waals surface area contributed by atoms with Gasteiger partial charge >= 0.3 is 0 Å². The molecule has 1 aliphatic heterocycles. The maximum absolute atomic E-state index is 11.6. The van der Waals surface area contributed by atoms with Crippen LogP contribution >= 0.6 is 7.14 Å². The number of rotatable bonds is 2. The Morgan fingerprint density at radius 3 is 2.30 bits per heavy atom. The molecule has 3 rings (SSSR count). The number of benzene rings is 2. The monoisotopic (exact) mass is 392 g/mol. The summed E-state index contributed by atoms with van der Waals surface area (Å²) < 4.78 is 22.2. The van der Waals surface area contributed by atoms with E-state index >= 15 is 0 Å². The van der Waals surface area contributed by atoms with Crippen molar-refractivity contribution >= 4 is 18.1 Å². The fourth-order valence-corrected chi connectivity index (χ4v) is 3.67. The third-order valence-electron chi connectivity index (χ3n) is 4.31. The van der Waals surface area contributed by atoms with Crippen molar-refractivity contribution in [3.8, 4) is 17.2 Å². The molecule has 148 valence electrons. The van der Waals surface area contributed by atoms with Gasteiger partial charge in [-0.2, -0.15) is 0 Å². The Morgan fingerprint density at radius 1 is 1.11 bits per heavy atom. The molecule has 6 nitrogen and oxygen atoms in total. The Kier molecular flexibility index (Phi) is 6.13. The molecule has 0 aromatic heterocycles. The molecule has 2 aromatic carbocycles. The van der Waals surface area contributed by atoms with E-state index in [-0.39, 0.29) is 22.9 Å². The third-order valence-corrected chi connectivity index (χ3v) is 5.84. The summed E-state index contributed by atoms with van der Waals surface area (Å²) in [5.74, 6) is 1.55. The Morgan fingerprint density at radius 2 is 1.74 bits per heavy atom. The van der Waals surface area contributed by atoms with E-state index in [0.717, 1.165) is 17.1 Å². The van der Waals surface area contributed by atoms with Gasteiger partial charge in [0.05, 0.1) is 11.0 Å². The fraction of sp³-hybridized carbons (Fsp3) is 0.400. The van der Waals surface area contributed by atoms with Crippen LogP contribution in [0.15, 0.2) is 36.4 Å². The number of aromatic hydroxyl groups is 1. The molecule has 0 radical (unpaired) electrons. The van der Waals surface area contributed by atoms with Crippen LogP contribution in [0.3, 0.4) is 0 Å². The average Bonchev–Trinajstić information content (AvgIpc) is 3.03. The van der Waals surface area contributed by atoms with Crippen molar-refractivity contribution in [1.29, 1.82) is 0 Å². The van der Waals surface area contributed by atoms with Crippen LogP contribution in [0.25, 0.3) is 0 Å². The number of hydrogen-bond acceptors (Lipinski definition) is 6. The summed E-state index contributed by atoms with van der Waals surface area (Å²) in [6, 6.07) is 10.8. The van der Waals surface area contributed by atoms with Crippen LogP contribution in [0.1, 0.15) is 32.4 Å². The normalized spacial score (nSPS) is 14.3. The summed E-state index contributed by atoms with van der Waals surface area (Å²) in [6.45, 7) is 9.89. The van der Waals surface area contributed by atoms with Crippen molar-refractivity contribution in [1.82, 2.24) is 0 Å². The van der Waals surface area contributed by atoms with Gasteiger partial charge in [-0.25, -0.2) is 0 Å². The summed E-state index contributed by atoms with van der Waals surface area (Å²) in [4.78, 5) is 0. The van der Waals surface area contributed by atoms with Crippen molar-refractivity contribution in [2.75, 3.05) is 25.9 Å². The van der Waals surface area contributed by atoms with E-state index in [1.165, 1.54) is 0 Å². The zero-order valence-corrected chi connectivity index (χ0v) is 17.4. The molecule has 7 heteroatoms. The molecule has 0 aliphatic carbocycles. The molecule has 0 spiro atoms. The highest BCUT2D eigenvalue weighted by atomic mass is 31.2. The predicted molar refractivity (Wildman–Crippen MR) is 111 cm³/mol. The molecule has 0 saturated carbocycles. The first-order chi connectivity index (χ1) is 12.4. The topological polar surface area (TPSA) is 108 Å². The van der Waals surface area contributed by atoms with Crippen LogP contribution in [0.2, 0.25) is 0 Å². The standard InChI is InChI=1S/C12H17NO2.C8H12NO2P/c1-12(2,3)11(13)8-4-5-9-10(6-8)15-7-14-9;1-12(2,11)7-5-3-4-6(9)8(7)10/h4-6,11H,7,13H2,1-3H3;3-5,10H,9H2,1-2H3/t11-;/m0./s1. The second-order valence-corrected chi connectivity index (χ2v) is 11.2. The molecule has 0 fully saturated rings. The van der Waals surface area contributed by atoms with E-state index in [2.05, 4.69) is 20.8 Å². The van der Waals surface area contributed by atoms with E-state index in [4.69, 9.17) is 20.9 Å². The summed E-state index contributed by atoms with van der Waals surface area (Å²) in [5, 5.41) is 9.88. The predicted octanol–water partition coefficient (Wildman–Crippen LogP) is 3.68. The van der Waals surface area contributed by atoms with Gasteiger partial charge in [0.2, 0.25) is 6.79 Å². The summed E-state index contributed by atoms with van der Waals surface area (Å²) in [5.41, 5.74) is 13.0. The summed E-state index contributed by atoms with van der Waals surface area (Å²) in [7, 11) is -2.41. The molecule has 1 atom stereocenters. The molecule has 0 saturated heterocycles. The minimum Gasteiger partial charge on any atom is -0.505 e. The molecule has 2 aromatic rings. The molecule has 0 bridgehead atoms. The second kappa shape index (κ2) is 7.83. The summed E-state index contributed by atoms with van der Waals surface area (Å²) in [6.07, 6.45) is 0. The fourth-order valence-electron chi connectivity index (χ4n) is 2.59. The van der Waals surface area contributed by atoms with Gasteiger partial charge in [0.15, 0.2) is 11.5 Å². The van der Waals surface area contributed by atoms with Gasteiger partial charge < -0.3 is 30.6 Å². The van der Waals surface area contributed by atoms with Gasteiger partial charge in [0, 0.05) is 6.04 Å².